The number of hydrogen-bond acceptors (Lipinski definition) is 6. The van der Waals surface area contributed by atoms with Crippen LogP contribution >= 0.6 is 46.3 Å². The van der Waals surface area contributed by atoms with E-state index < -0.39 is 5.97 Å². The van der Waals surface area contributed by atoms with Gasteiger partial charge >= 0.3 is 5.97 Å². The Hall–Kier alpha value is -1.28. The number of aromatic nitrogens is 3. The van der Waals surface area contributed by atoms with Crippen LogP contribution in [0.4, 0.5) is 0 Å². The highest BCUT2D eigenvalue weighted by Crippen LogP contribution is 2.34. The molecule has 0 atom stereocenters. The highest BCUT2D eigenvalue weighted by atomic mass is 35.5. The maximum Gasteiger partial charge on any atom is 0.351 e. The molecule has 3 aromatic rings. The van der Waals surface area contributed by atoms with Crippen LogP contribution in [-0.2, 0) is 4.74 Å². The van der Waals surface area contributed by atoms with Crippen molar-refractivity contribution in [1.29, 1.82) is 0 Å². The molecular formula is C12H7Cl2N3O2S2. The summed E-state index contributed by atoms with van der Waals surface area (Å²) in [6, 6.07) is 5.39. The molecule has 2 aromatic heterocycles. The predicted octanol–water partition coefficient (Wildman–Crippen LogP) is 4.26. The lowest BCUT2D eigenvalue weighted by Gasteiger charge is -1.92. The van der Waals surface area contributed by atoms with E-state index in [1.807, 2.05) is 6.07 Å². The van der Waals surface area contributed by atoms with Crippen molar-refractivity contribution < 1.29 is 9.53 Å². The lowest BCUT2D eigenvalue weighted by molar-refractivity contribution is 0.0606. The van der Waals surface area contributed by atoms with Crippen LogP contribution in [-0.4, -0.2) is 28.0 Å². The Bertz CT molecular complexity index is 831. The number of esters is 1. The highest BCUT2D eigenvalue weighted by Gasteiger charge is 2.18. The van der Waals surface area contributed by atoms with E-state index in [9.17, 15) is 4.79 Å². The summed E-state index contributed by atoms with van der Waals surface area (Å²) in [6.45, 7) is 0. The third kappa shape index (κ3) is 3.01. The molecular weight excluding hydrogens is 353 g/mol. The number of hydrogen-bond donors (Lipinski definition) is 1. The van der Waals surface area contributed by atoms with Gasteiger partial charge in [0.05, 0.1) is 18.1 Å². The number of rotatable bonds is 3. The maximum atomic E-state index is 11.5. The molecule has 0 bridgehead atoms. The molecule has 0 aliphatic heterocycles. The van der Waals surface area contributed by atoms with Crippen LogP contribution in [0.3, 0.4) is 0 Å². The zero-order chi connectivity index (χ0) is 15.0. The topological polar surface area (TPSA) is 67.9 Å². The Morgan fingerprint density at radius 1 is 1.38 bits per heavy atom. The summed E-state index contributed by atoms with van der Waals surface area (Å²) in [5, 5.41) is 1.41. The van der Waals surface area contributed by atoms with Crippen LogP contribution in [0.2, 0.25) is 10.2 Å². The van der Waals surface area contributed by atoms with Crippen molar-refractivity contribution in [3.63, 3.8) is 0 Å². The number of H-pyrrole nitrogens is 1. The van der Waals surface area contributed by atoms with Crippen LogP contribution in [0, 0.1) is 0 Å². The number of thiazole rings is 1. The van der Waals surface area contributed by atoms with Crippen molar-refractivity contribution in [3.8, 4) is 0 Å². The molecule has 0 saturated heterocycles. The molecule has 0 unspecified atom stereocenters. The van der Waals surface area contributed by atoms with Gasteiger partial charge in [0.2, 0.25) is 0 Å². The second kappa shape index (κ2) is 5.84. The summed E-state index contributed by atoms with van der Waals surface area (Å²) in [5.74, 6) is -0.499. The molecule has 2 heterocycles. The number of imidazole rings is 1. The van der Waals surface area contributed by atoms with E-state index in [0.29, 0.717) is 14.5 Å². The molecule has 108 valence electrons. The van der Waals surface area contributed by atoms with Crippen LogP contribution in [0.1, 0.15) is 9.67 Å². The van der Waals surface area contributed by atoms with E-state index in [4.69, 9.17) is 23.2 Å². The standard InChI is InChI=1S/C12H7Cl2N3O2S2/c1-19-10(18)8-9(14)17-12(20-8)21-11-15-6-3-2-5(13)4-7(6)16-11/h2-4H,1H3,(H,15,16). The fourth-order valence-corrected chi connectivity index (χ4v) is 4.05. The van der Waals surface area contributed by atoms with Crippen molar-refractivity contribution in [1.82, 2.24) is 15.0 Å². The molecule has 0 spiro atoms. The van der Waals surface area contributed by atoms with Gasteiger partial charge in [-0.05, 0) is 30.0 Å². The SMILES string of the molecule is COC(=O)c1sc(Sc2nc3ccc(Cl)cc3[nH]2)nc1Cl. The first-order valence-corrected chi connectivity index (χ1v) is 8.03. The molecule has 1 aromatic carbocycles. The van der Waals surface area contributed by atoms with Gasteiger partial charge in [0, 0.05) is 5.02 Å². The van der Waals surface area contributed by atoms with E-state index in [2.05, 4.69) is 19.7 Å². The summed E-state index contributed by atoms with van der Waals surface area (Å²) in [6.07, 6.45) is 0. The van der Waals surface area contributed by atoms with E-state index in [1.165, 1.54) is 18.9 Å². The first kappa shape index (κ1) is 14.6. The van der Waals surface area contributed by atoms with E-state index in [1.54, 1.807) is 12.1 Å². The summed E-state index contributed by atoms with van der Waals surface area (Å²) in [7, 11) is 1.30. The monoisotopic (exact) mass is 359 g/mol. The lowest BCUT2D eigenvalue weighted by Crippen LogP contribution is -1.98. The van der Waals surface area contributed by atoms with Crippen molar-refractivity contribution in [3.05, 3.63) is 33.3 Å². The molecule has 3 rings (SSSR count). The molecule has 0 radical (unpaired) electrons. The van der Waals surface area contributed by atoms with Gasteiger partial charge in [0.15, 0.2) is 19.5 Å². The van der Waals surface area contributed by atoms with Crippen LogP contribution < -0.4 is 0 Å². The Kier molecular flexibility index (Phi) is 4.08. The van der Waals surface area contributed by atoms with Crippen LogP contribution in [0.25, 0.3) is 11.0 Å². The Morgan fingerprint density at radius 2 is 2.19 bits per heavy atom. The molecule has 0 aliphatic rings. The van der Waals surface area contributed by atoms with Gasteiger partial charge in [-0.2, -0.15) is 0 Å². The Labute approximate surface area is 137 Å². The van der Waals surface area contributed by atoms with Gasteiger partial charge in [-0.25, -0.2) is 14.8 Å². The van der Waals surface area contributed by atoms with Gasteiger partial charge < -0.3 is 9.72 Å². The summed E-state index contributed by atoms with van der Waals surface area (Å²) < 4.78 is 5.24. The normalized spacial score (nSPS) is 11.0. The molecule has 9 heteroatoms. The third-order valence-corrected chi connectivity index (χ3v) is 5.15. The zero-order valence-electron chi connectivity index (χ0n) is 10.5. The first-order valence-electron chi connectivity index (χ1n) is 5.64. The number of nitrogens with one attached hydrogen (secondary N) is 1. The first-order chi connectivity index (χ1) is 10.1. The predicted molar refractivity (Wildman–Crippen MR) is 83.7 cm³/mol. The van der Waals surface area contributed by atoms with Gasteiger partial charge in [0.25, 0.3) is 0 Å². The average molecular weight is 360 g/mol. The maximum absolute atomic E-state index is 11.5. The summed E-state index contributed by atoms with van der Waals surface area (Å²) in [5.41, 5.74) is 1.64. The van der Waals surface area contributed by atoms with Crippen molar-refractivity contribution in [2.45, 2.75) is 9.50 Å². The van der Waals surface area contributed by atoms with Gasteiger partial charge in [-0.1, -0.05) is 34.5 Å². The van der Waals surface area contributed by atoms with Crippen molar-refractivity contribution in [2.75, 3.05) is 7.11 Å². The fraction of sp³-hybridized carbons (Fsp3) is 0.0833. The lowest BCUT2D eigenvalue weighted by atomic mass is 10.3. The minimum Gasteiger partial charge on any atom is -0.465 e. The molecule has 5 nitrogen and oxygen atoms in total. The second-order valence-corrected chi connectivity index (χ2v) is 6.93. The van der Waals surface area contributed by atoms with E-state index in [-0.39, 0.29) is 10.0 Å². The fourth-order valence-electron chi connectivity index (χ4n) is 1.63. The highest BCUT2D eigenvalue weighted by molar-refractivity contribution is 8.00. The van der Waals surface area contributed by atoms with Gasteiger partial charge in [-0.15, -0.1) is 0 Å². The van der Waals surface area contributed by atoms with Crippen LogP contribution in [0.5, 0.6) is 0 Å². The molecule has 0 aliphatic carbocycles. The Balaban J connectivity index is 1.89. The number of fused-ring (bicyclic) bond motifs is 1. The molecule has 21 heavy (non-hydrogen) atoms. The number of carbonyl (C=O) groups is 1. The number of methoxy groups -OCH3 is 1. The number of ether oxygens (including phenoxy) is 1. The number of aromatic amines is 1. The second-order valence-electron chi connectivity index (χ2n) is 3.90. The summed E-state index contributed by atoms with van der Waals surface area (Å²) >= 11 is 14.3. The van der Waals surface area contributed by atoms with E-state index >= 15 is 0 Å². The average Bonchev–Trinajstić information content (AvgIpc) is 3.00. The molecule has 0 amide bonds. The number of benzene rings is 1. The number of nitrogens with zero attached hydrogens (tertiary/aromatic N) is 2. The number of carbonyl (C=O) groups excluding carboxylic acids is 1. The molecule has 0 fully saturated rings. The Morgan fingerprint density at radius 3 is 2.95 bits per heavy atom. The van der Waals surface area contributed by atoms with Crippen molar-refractivity contribution in [2.24, 2.45) is 0 Å². The number of halogens is 2. The minimum atomic E-state index is -0.499. The van der Waals surface area contributed by atoms with Gasteiger partial charge in [0.1, 0.15) is 0 Å². The van der Waals surface area contributed by atoms with Crippen molar-refractivity contribution >= 4 is 63.3 Å². The third-order valence-electron chi connectivity index (χ3n) is 2.54. The smallest absolute Gasteiger partial charge is 0.351 e. The largest absolute Gasteiger partial charge is 0.465 e. The molecule has 0 saturated carbocycles. The van der Waals surface area contributed by atoms with Gasteiger partial charge in [-0.3, -0.25) is 0 Å². The zero-order valence-corrected chi connectivity index (χ0v) is 13.7. The quantitative estimate of drug-likeness (QED) is 0.707. The minimum absolute atomic E-state index is 0.133. The summed E-state index contributed by atoms with van der Waals surface area (Å²) in [4.78, 5) is 23.4. The molecule has 1 N–H and O–H groups in total. The van der Waals surface area contributed by atoms with Crippen LogP contribution in [0.15, 0.2) is 27.7 Å². The van der Waals surface area contributed by atoms with E-state index in [0.717, 1.165) is 22.4 Å².